The summed E-state index contributed by atoms with van der Waals surface area (Å²) in [6, 6.07) is 16.0. The predicted octanol–water partition coefficient (Wildman–Crippen LogP) is 2.67. The standard InChI is InChI=1S/C21H23NO5/c23-20(11-6-15-4-2-1-3-5-15)22-18-12-13-26-14-19(18)27-17-9-7-16(8-10-17)21(24)25/h1-5,7-10,18-19H,6,11-14H2,(H,22,23)(H,24,25)/t18-,19-/m1/s1. The number of carboxylic acid groups (broad SMARTS) is 1. The lowest BCUT2D eigenvalue weighted by Crippen LogP contribution is -2.51. The summed E-state index contributed by atoms with van der Waals surface area (Å²) >= 11 is 0. The van der Waals surface area contributed by atoms with E-state index in [2.05, 4.69) is 5.32 Å². The summed E-state index contributed by atoms with van der Waals surface area (Å²) in [5, 5.41) is 12.0. The topological polar surface area (TPSA) is 84.9 Å². The van der Waals surface area contributed by atoms with E-state index in [4.69, 9.17) is 14.6 Å². The predicted molar refractivity (Wildman–Crippen MR) is 99.9 cm³/mol. The summed E-state index contributed by atoms with van der Waals surface area (Å²) in [6.45, 7) is 0.950. The maximum atomic E-state index is 12.3. The average Bonchev–Trinajstić information content (AvgIpc) is 2.69. The van der Waals surface area contributed by atoms with Crippen LogP contribution in [0.15, 0.2) is 54.6 Å². The van der Waals surface area contributed by atoms with Crippen molar-refractivity contribution in [2.75, 3.05) is 13.2 Å². The van der Waals surface area contributed by atoms with Gasteiger partial charge in [-0.1, -0.05) is 30.3 Å². The number of benzene rings is 2. The summed E-state index contributed by atoms with van der Waals surface area (Å²) < 4.78 is 11.4. The van der Waals surface area contributed by atoms with Crippen LogP contribution in [0.25, 0.3) is 0 Å². The Morgan fingerprint density at radius 2 is 1.85 bits per heavy atom. The van der Waals surface area contributed by atoms with Crippen molar-refractivity contribution in [3.63, 3.8) is 0 Å². The Kier molecular flexibility index (Phi) is 6.44. The summed E-state index contributed by atoms with van der Waals surface area (Å²) in [7, 11) is 0. The molecule has 6 nitrogen and oxygen atoms in total. The van der Waals surface area contributed by atoms with Crippen LogP contribution in [0.4, 0.5) is 0 Å². The fourth-order valence-electron chi connectivity index (χ4n) is 3.03. The van der Waals surface area contributed by atoms with E-state index in [0.29, 0.717) is 38.2 Å². The van der Waals surface area contributed by atoms with Crippen LogP contribution < -0.4 is 10.1 Å². The molecule has 1 aliphatic rings. The van der Waals surface area contributed by atoms with E-state index in [1.807, 2.05) is 30.3 Å². The molecule has 1 heterocycles. The van der Waals surface area contributed by atoms with Gasteiger partial charge in [-0.2, -0.15) is 0 Å². The van der Waals surface area contributed by atoms with Gasteiger partial charge in [0.05, 0.1) is 18.2 Å². The van der Waals surface area contributed by atoms with E-state index < -0.39 is 5.97 Å². The Morgan fingerprint density at radius 3 is 2.56 bits per heavy atom. The number of carboxylic acids is 1. The van der Waals surface area contributed by atoms with Gasteiger partial charge in [-0.3, -0.25) is 4.79 Å². The molecule has 0 spiro atoms. The molecule has 1 saturated heterocycles. The maximum absolute atomic E-state index is 12.3. The number of aryl methyl sites for hydroxylation is 1. The van der Waals surface area contributed by atoms with E-state index >= 15 is 0 Å². The molecule has 27 heavy (non-hydrogen) atoms. The summed E-state index contributed by atoms with van der Waals surface area (Å²) in [5.74, 6) is -0.439. The van der Waals surface area contributed by atoms with Gasteiger partial charge in [-0.05, 0) is 42.7 Å². The summed E-state index contributed by atoms with van der Waals surface area (Å²) in [4.78, 5) is 23.3. The molecule has 142 valence electrons. The Balaban J connectivity index is 1.54. The van der Waals surface area contributed by atoms with Crippen molar-refractivity contribution in [1.82, 2.24) is 5.32 Å². The first-order valence-corrected chi connectivity index (χ1v) is 9.03. The zero-order valence-corrected chi connectivity index (χ0v) is 15.0. The molecule has 1 amide bonds. The second-order valence-corrected chi connectivity index (χ2v) is 6.51. The van der Waals surface area contributed by atoms with Crippen LogP contribution in [0.2, 0.25) is 0 Å². The van der Waals surface area contributed by atoms with E-state index in [0.717, 1.165) is 5.56 Å². The summed E-state index contributed by atoms with van der Waals surface area (Å²) in [5.41, 5.74) is 1.33. The lowest BCUT2D eigenvalue weighted by Gasteiger charge is -2.32. The number of rotatable bonds is 7. The van der Waals surface area contributed by atoms with Crippen LogP contribution in [0, 0.1) is 0 Å². The quantitative estimate of drug-likeness (QED) is 0.784. The number of hydrogen-bond acceptors (Lipinski definition) is 4. The van der Waals surface area contributed by atoms with Gasteiger partial charge in [0.2, 0.25) is 5.91 Å². The van der Waals surface area contributed by atoms with Crippen LogP contribution in [0.3, 0.4) is 0 Å². The zero-order chi connectivity index (χ0) is 19.1. The summed E-state index contributed by atoms with van der Waals surface area (Å²) in [6.07, 6.45) is 1.48. The highest BCUT2D eigenvalue weighted by Gasteiger charge is 2.29. The molecule has 3 rings (SSSR count). The molecule has 2 atom stereocenters. The van der Waals surface area contributed by atoms with Crippen molar-refractivity contribution in [3.8, 4) is 5.75 Å². The van der Waals surface area contributed by atoms with Gasteiger partial charge in [0, 0.05) is 13.0 Å². The maximum Gasteiger partial charge on any atom is 0.335 e. The van der Waals surface area contributed by atoms with E-state index in [9.17, 15) is 9.59 Å². The SMILES string of the molecule is O=C(CCc1ccccc1)N[C@@H]1CCOC[C@H]1Oc1ccc(C(=O)O)cc1. The first kappa shape index (κ1) is 18.9. The number of hydrogen-bond donors (Lipinski definition) is 2. The number of ether oxygens (including phenoxy) is 2. The molecule has 2 aromatic rings. The van der Waals surface area contributed by atoms with Crippen molar-refractivity contribution in [1.29, 1.82) is 0 Å². The lowest BCUT2D eigenvalue weighted by atomic mass is 10.0. The molecule has 1 fully saturated rings. The van der Waals surface area contributed by atoms with Gasteiger partial charge >= 0.3 is 5.97 Å². The number of nitrogens with one attached hydrogen (secondary N) is 1. The number of carbonyl (C=O) groups excluding carboxylic acids is 1. The first-order valence-electron chi connectivity index (χ1n) is 9.03. The molecule has 0 aliphatic carbocycles. The van der Waals surface area contributed by atoms with E-state index in [1.54, 1.807) is 12.1 Å². The van der Waals surface area contributed by atoms with Crippen LogP contribution in [0.5, 0.6) is 5.75 Å². The van der Waals surface area contributed by atoms with Crippen molar-refractivity contribution >= 4 is 11.9 Å². The van der Waals surface area contributed by atoms with Crippen LogP contribution >= 0.6 is 0 Å². The monoisotopic (exact) mass is 369 g/mol. The lowest BCUT2D eigenvalue weighted by molar-refractivity contribution is -0.123. The Hall–Kier alpha value is -2.86. The van der Waals surface area contributed by atoms with E-state index in [-0.39, 0.29) is 23.6 Å². The zero-order valence-electron chi connectivity index (χ0n) is 15.0. The second kappa shape index (κ2) is 9.19. The third kappa shape index (κ3) is 5.56. The van der Waals surface area contributed by atoms with Crippen LogP contribution in [-0.4, -0.2) is 42.3 Å². The van der Waals surface area contributed by atoms with Crippen molar-refractivity contribution in [2.45, 2.75) is 31.4 Å². The fraction of sp³-hybridized carbons (Fsp3) is 0.333. The van der Waals surface area contributed by atoms with Gasteiger partial charge in [-0.15, -0.1) is 0 Å². The average molecular weight is 369 g/mol. The van der Waals surface area contributed by atoms with Crippen molar-refractivity contribution in [2.24, 2.45) is 0 Å². The van der Waals surface area contributed by atoms with Gasteiger partial charge in [0.15, 0.2) is 0 Å². The minimum absolute atomic E-state index is 0.0134. The molecule has 0 aromatic heterocycles. The molecule has 2 N–H and O–H groups in total. The third-order valence-electron chi connectivity index (χ3n) is 4.52. The van der Waals surface area contributed by atoms with Gasteiger partial charge in [0.25, 0.3) is 0 Å². The number of carbonyl (C=O) groups is 2. The highest BCUT2D eigenvalue weighted by molar-refractivity contribution is 5.87. The normalized spacial score (nSPS) is 19.3. The molecular formula is C21H23NO5. The molecule has 6 heteroatoms. The minimum Gasteiger partial charge on any atom is -0.486 e. The van der Waals surface area contributed by atoms with Gasteiger partial charge in [0.1, 0.15) is 11.9 Å². The van der Waals surface area contributed by atoms with E-state index in [1.165, 1.54) is 12.1 Å². The van der Waals surface area contributed by atoms with Crippen molar-refractivity contribution < 1.29 is 24.2 Å². The molecule has 1 aliphatic heterocycles. The first-order chi connectivity index (χ1) is 13.1. The Labute approximate surface area is 158 Å². The molecule has 0 bridgehead atoms. The highest BCUT2D eigenvalue weighted by atomic mass is 16.5. The Morgan fingerprint density at radius 1 is 1.11 bits per heavy atom. The fourth-order valence-corrected chi connectivity index (χ4v) is 3.03. The molecule has 0 saturated carbocycles. The third-order valence-corrected chi connectivity index (χ3v) is 4.52. The second-order valence-electron chi connectivity index (χ2n) is 6.51. The van der Waals surface area contributed by atoms with Crippen LogP contribution in [0.1, 0.15) is 28.8 Å². The molecule has 0 radical (unpaired) electrons. The number of amides is 1. The molecule has 0 unspecified atom stereocenters. The number of aromatic carboxylic acids is 1. The molecule has 2 aromatic carbocycles. The largest absolute Gasteiger partial charge is 0.486 e. The minimum atomic E-state index is -0.980. The van der Waals surface area contributed by atoms with Crippen molar-refractivity contribution in [3.05, 3.63) is 65.7 Å². The van der Waals surface area contributed by atoms with Gasteiger partial charge < -0.3 is 19.9 Å². The highest BCUT2D eigenvalue weighted by Crippen LogP contribution is 2.19. The smallest absolute Gasteiger partial charge is 0.335 e. The Bertz CT molecular complexity index is 760. The van der Waals surface area contributed by atoms with Crippen LogP contribution in [-0.2, 0) is 16.0 Å². The van der Waals surface area contributed by atoms with Gasteiger partial charge in [-0.25, -0.2) is 4.79 Å². The molecular weight excluding hydrogens is 346 g/mol.